The molecular weight excluding hydrogens is 148 g/mol. The van der Waals surface area contributed by atoms with E-state index < -0.39 is 0 Å². The molecule has 0 radical (unpaired) electrons. The zero-order valence-corrected chi connectivity index (χ0v) is 8.26. The van der Waals surface area contributed by atoms with Gasteiger partial charge in [-0.1, -0.05) is 27.4 Å². The lowest BCUT2D eigenvalue weighted by atomic mass is 9.93. The van der Waals surface area contributed by atoms with Crippen LogP contribution in [0.25, 0.3) is 6.08 Å². The fourth-order valence-electron chi connectivity index (χ4n) is 1.31. The maximum absolute atomic E-state index is 4.25. The summed E-state index contributed by atoms with van der Waals surface area (Å²) in [5.74, 6) is 0.930. The average Bonchev–Trinajstić information content (AvgIpc) is 2.29. The Bertz CT molecular complexity index is 289. The van der Waals surface area contributed by atoms with Crippen LogP contribution in [-0.4, -0.2) is 9.55 Å². The summed E-state index contributed by atoms with van der Waals surface area (Å²) < 4.78 is 2.08. The third-order valence-electron chi connectivity index (χ3n) is 1.98. The van der Waals surface area contributed by atoms with Gasteiger partial charge in [-0.3, -0.25) is 0 Å². The Kier molecular flexibility index (Phi) is 2.09. The van der Waals surface area contributed by atoms with Crippen molar-refractivity contribution in [1.82, 2.24) is 9.55 Å². The van der Waals surface area contributed by atoms with Gasteiger partial charge in [0.1, 0.15) is 5.82 Å². The summed E-state index contributed by atoms with van der Waals surface area (Å²) in [5.41, 5.74) is 1.39. The standard InChI is InChI=1S/C10H16N2/c1-6-9-11-7-8(12(9)5)10(2,3)4/h6-7H,1H2,2-5H3. The van der Waals surface area contributed by atoms with Crippen molar-refractivity contribution in [2.24, 2.45) is 7.05 Å². The van der Waals surface area contributed by atoms with Gasteiger partial charge in [0.15, 0.2) is 0 Å². The van der Waals surface area contributed by atoms with E-state index in [1.54, 1.807) is 6.08 Å². The molecule has 0 unspecified atom stereocenters. The minimum Gasteiger partial charge on any atom is -0.331 e. The van der Waals surface area contributed by atoms with Gasteiger partial charge in [0, 0.05) is 24.4 Å². The Morgan fingerprint density at radius 3 is 2.33 bits per heavy atom. The van der Waals surface area contributed by atoms with Crippen LogP contribution in [0.5, 0.6) is 0 Å². The Balaban J connectivity index is 3.19. The van der Waals surface area contributed by atoms with Gasteiger partial charge in [-0.25, -0.2) is 4.98 Å². The van der Waals surface area contributed by atoms with Crippen LogP contribution in [0.3, 0.4) is 0 Å². The molecule has 1 aromatic heterocycles. The Morgan fingerprint density at radius 2 is 2.08 bits per heavy atom. The largest absolute Gasteiger partial charge is 0.331 e. The van der Waals surface area contributed by atoms with Crippen molar-refractivity contribution in [3.8, 4) is 0 Å². The van der Waals surface area contributed by atoms with E-state index in [1.165, 1.54) is 5.69 Å². The maximum Gasteiger partial charge on any atom is 0.131 e. The first-order valence-electron chi connectivity index (χ1n) is 4.11. The van der Waals surface area contributed by atoms with Gasteiger partial charge < -0.3 is 4.57 Å². The Hall–Kier alpha value is -1.05. The quantitative estimate of drug-likeness (QED) is 0.623. The molecule has 0 aliphatic carbocycles. The second-order valence-electron chi connectivity index (χ2n) is 4.01. The highest BCUT2D eigenvalue weighted by atomic mass is 15.1. The van der Waals surface area contributed by atoms with Gasteiger partial charge in [0.25, 0.3) is 0 Å². The molecule has 0 saturated carbocycles. The lowest BCUT2D eigenvalue weighted by molar-refractivity contribution is 0.542. The van der Waals surface area contributed by atoms with Gasteiger partial charge in [-0.2, -0.15) is 0 Å². The minimum absolute atomic E-state index is 0.156. The molecule has 2 nitrogen and oxygen atoms in total. The van der Waals surface area contributed by atoms with Gasteiger partial charge in [0.2, 0.25) is 0 Å². The fourth-order valence-corrected chi connectivity index (χ4v) is 1.31. The van der Waals surface area contributed by atoms with Crippen LogP contribution in [0, 0.1) is 0 Å². The molecule has 0 saturated heterocycles. The van der Waals surface area contributed by atoms with Crippen molar-refractivity contribution in [2.45, 2.75) is 26.2 Å². The van der Waals surface area contributed by atoms with Crippen LogP contribution in [0.1, 0.15) is 32.3 Å². The first-order chi connectivity index (χ1) is 5.46. The third kappa shape index (κ3) is 1.42. The van der Waals surface area contributed by atoms with E-state index in [-0.39, 0.29) is 5.41 Å². The topological polar surface area (TPSA) is 17.8 Å². The van der Waals surface area contributed by atoms with E-state index in [2.05, 4.69) is 36.9 Å². The summed E-state index contributed by atoms with van der Waals surface area (Å²) >= 11 is 0. The summed E-state index contributed by atoms with van der Waals surface area (Å²) in [5, 5.41) is 0. The van der Waals surface area contributed by atoms with Crippen LogP contribution < -0.4 is 0 Å². The normalized spacial score (nSPS) is 11.7. The summed E-state index contributed by atoms with van der Waals surface area (Å²) in [4.78, 5) is 4.25. The molecule has 0 aliphatic rings. The van der Waals surface area contributed by atoms with Crippen LogP contribution in [0.2, 0.25) is 0 Å². The molecule has 2 heteroatoms. The molecular formula is C10H16N2. The molecule has 0 N–H and O–H groups in total. The SMILES string of the molecule is C=Cc1ncc(C(C)(C)C)n1C. The molecule has 0 aromatic carbocycles. The molecule has 0 amide bonds. The van der Waals surface area contributed by atoms with Crippen molar-refractivity contribution in [1.29, 1.82) is 0 Å². The van der Waals surface area contributed by atoms with Gasteiger partial charge in [0.05, 0.1) is 0 Å². The number of hydrogen-bond donors (Lipinski definition) is 0. The average molecular weight is 164 g/mol. The highest BCUT2D eigenvalue weighted by Crippen LogP contribution is 2.22. The first kappa shape index (κ1) is 9.04. The predicted octanol–water partition coefficient (Wildman–Crippen LogP) is 2.36. The van der Waals surface area contributed by atoms with Crippen molar-refractivity contribution in [3.05, 3.63) is 24.3 Å². The molecule has 12 heavy (non-hydrogen) atoms. The Labute approximate surface area is 73.9 Å². The maximum atomic E-state index is 4.25. The van der Waals surface area contributed by atoms with Gasteiger partial charge in [-0.05, 0) is 6.08 Å². The zero-order chi connectivity index (χ0) is 9.35. The van der Waals surface area contributed by atoms with Crippen molar-refractivity contribution in [2.75, 3.05) is 0 Å². The van der Waals surface area contributed by atoms with E-state index in [9.17, 15) is 0 Å². The van der Waals surface area contributed by atoms with E-state index in [4.69, 9.17) is 0 Å². The van der Waals surface area contributed by atoms with E-state index in [1.807, 2.05) is 13.2 Å². The molecule has 1 aromatic rings. The number of aromatic nitrogens is 2. The second kappa shape index (κ2) is 2.77. The van der Waals surface area contributed by atoms with Crippen molar-refractivity contribution >= 4 is 6.08 Å². The smallest absolute Gasteiger partial charge is 0.131 e. The number of hydrogen-bond acceptors (Lipinski definition) is 1. The highest BCUT2D eigenvalue weighted by molar-refractivity contribution is 5.38. The molecule has 1 rings (SSSR count). The predicted molar refractivity (Wildman–Crippen MR) is 52.0 cm³/mol. The molecule has 0 fully saturated rings. The Morgan fingerprint density at radius 1 is 1.50 bits per heavy atom. The molecule has 0 aliphatic heterocycles. The molecule has 1 heterocycles. The third-order valence-corrected chi connectivity index (χ3v) is 1.98. The highest BCUT2D eigenvalue weighted by Gasteiger charge is 2.18. The number of rotatable bonds is 1. The molecule has 0 spiro atoms. The second-order valence-corrected chi connectivity index (χ2v) is 4.01. The first-order valence-corrected chi connectivity index (χ1v) is 4.11. The minimum atomic E-state index is 0.156. The summed E-state index contributed by atoms with van der Waals surface area (Å²) in [7, 11) is 2.02. The lowest BCUT2D eigenvalue weighted by Gasteiger charge is -2.18. The molecule has 66 valence electrons. The summed E-state index contributed by atoms with van der Waals surface area (Å²) in [6.07, 6.45) is 3.69. The monoisotopic (exact) mass is 164 g/mol. The van der Waals surface area contributed by atoms with Gasteiger partial charge >= 0.3 is 0 Å². The number of imidazole rings is 1. The van der Waals surface area contributed by atoms with E-state index in [0.717, 1.165) is 5.82 Å². The number of nitrogens with zero attached hydrogens (tertiary/aromatic N) is 2. The van der Waals surface area contributed by atoms with Crippen LogP contribution in [0.4, 0.5) is 0 Å². The lowest BCUT2D eigenvalue weighted by Crippen LogP contribution is -2.16. The van der Waals surface area contributed by atoms with Crippen LogP contribution in [0.15, 0.2) is 12.8 Å². The summed E-state index contributed by atoms with van der Waals surface area (Å²) in [6, 6.07) is 0. The van der Waals surface area contributed by atoms with Crippen LogP contribution >= 0.6 is 0 Å². The van der Waals surface area contributed by atoms with Crippen molar-refractivity contribution < 1.29 is 0 Å². The van der Waals surface area contributed by atoms with E-state index >= 15 is 0 Å². The molecule has 0 atom stereocenters. The molecule has 0 bridgehead atoms. The summed E-state index contributed by atoms with van der Waals surface area (Å²) in [6.45, 7) is 10.2. The fraction of sp³-hybridized carbons (Fsp3) is 0.500. The van der Waals surface area contributed by atoms with Gasteiger partial charge in [-0.15, -0.1) is 0 Å². The van der Waals surface area contributed by atoms with Crippen LogP contribution in [-0.2, 0) is 12.5 Å². The van der Waals surface area contributed by atoms with Crippen molar-refractivity contribution in [3.63, 3.8) is 0 Å². The van der Waals surface area contributed by atoms with E-state index in [0.29, 0.717) is 0 Å². The zero-order valence-electron chi connectivity index (χ0n) is 8.26.